The van der Waals surface area contributed by atoms with Crippen LogP contribution in [0.25, 0.3) is 0 Å². The highest BCUT2D eigenvalue weighted by atomic mass is 16.2. The molecule has 8 nitrogen and oxygen atoms in total. The van der Waals surface area contributed by atoms with Crippen LogP contribution in [0.15, 0.2) is 29.3 Å². The van der Waals surface area contributed by atoms with Crippen molar-refractivity contribution in [2.24, 2.45) is 10.9 Å². The molecule has 1 saturated carbocycles. The zero-order valence-corrected chi connectivity index (χ0v) is 18.9. The van der Waals surface area contributed by atoms with Crippen molar-refractivity contribution in [3.8, 4) is 0 Å². The SMILES string of the molecule is CN=C(NCc1ccc(NC(=O)NC(C)C)cc1)NC1CCN(C(=O)C2CCCC2)C1. The second-order valence-corrected chi connectivity index (χ2v) is 8.77. The molecule has 31 heavy (non-hydrogen) atoms. The van der Waals surface area contributed by atoms with Gasteiger partial charge >= 0.3 is 6.03 Å². The molecule has 1 aromatic carbocycles. The van der Waals surface area contributed by atoms with Gasteiger partial charge in [0, 0.05) is 50.4 Å². The Balaban J connectivity index is 1.42. The fourth-order valence-electron chi connectivity index (χ4n) is 4.22. The third-order valence-electron chi connectivity index (χ3n) is 5.86. The second kappa shape index (κ2) is 11.0. The van der Waals surface area contributed by atoms with E-state index < -0.39 is 0 Å². The van der Waals surface area contributed by atoms with Crippen molar-refractivity contribution in [1.29, 1.82) is 0 Å². The molecule has 1 aromatic rings. The van der Waals surface area contributed by atoms with Gasteiger partial charge in [-0.05, 0) is 50.8 Å². The van der Waals surface area contributed by atoms with Crippen LogP contribution in [-0.4, -0.2) is 55.0 Å². The van der Waals surface area contributed by atoms with E-state index in [-0.39, 0.29) is 24.0 Å². The lowest BCUT2D eigenvalue weighted by atomic mass is 10.1. The van der Waals surface area contributed by atoms with Crippen molar-refractivity contribution < 1.29 is 9.59 Å². The maximum absolute atomic E-state index is 12.6. The van der Waals surface area contributed by atoms with Crippen molar-refractivity contribution >= 4 is 23.6 Å². The van der Waals surface area contributed by atoms with E-state index in [1.54, 1.807) is 7.05 Å². The quantitative estimate of drug-likeness (QED) is 0.414. The van der Waals surface area contributed by atoms with Gasteiger partial charge in [-0.25, -0.2) is 4.79 Å². The van der Waals surface area contributed by atoms with Gasteiger partial charge in [0.15, 0.2) is 5.96 Å². The highest BCUT2D eigenvalue weighted by Crippen LogP contribution is 2.27. The molecule has 2 aliphatic rings. The number of nitrogens with one attached hydrogen (secondary N) is 4. The zero-order chi connectivity index (χ0) is 22.2. The number of benzene rings is 1. The fraction of sp³-hybridized carbons (Fsp3) is 0.609. The monoisotopic (exact) mass is 428 g/mol. The smallest absolute Gasteiger partial charge is 0.319 e. The number of aliphatic imine (C=N–C) groups is 1. The largest absolute Gasteiger partial charge is 0.352 e. The molecular weight excluding hydrogens is 392 g/mol. The first-order valence-corrected chi connectivity index (χ1v) is 11.4. The van der Waals surface area contributed by atoms with E-state index in [0.717, 1.165) is 49.6 Å². The number of likely N-dealkylation sites (tertiary alicyclic amines) is 1. The molecule has 1 aliphatic heterocycles. The zero-order valence-electron chi connectivity index (χ0n) is 18.9. The van der Waals surface area contributed by atoms with E-state index >= 15 is 0 Å². The summed E-state index contributed by atoms with van der Waals surface area (Å²) >= 11 is 0. The highest BCUT2D eigenvalue weighted by molar-refractivity contribution is 5.89. The first-order chi connectivity index (χ1) is 14.9. The van der Waals surface area contributed by atoms with E-state index in [4.69, 9.17) is 0 Å². The normalized spacial score (nSPS) is 19.5. The standard InChI is InChI=1S/C23H36N6O2/c1-16(2)26-23(31)28-19-10-8-17(9-11-19)14-25-22(24-3)27-20-12-13-29(15-20)21(30)18-6-4-5-7-18/h8-11,16,18,20H,4-7,12-15H2,1-3H3,(H2,24,25,27)(H2,26,28,31). The van der Waals surface area contributed by atoms with Gasteiger partial charge in [-0.2, -0.15) is 0 Å². The van der Waals surface area contributed by atoms with Gasteiger partial charge in [-0.3, -0.25) is 9.79 Å². The number of hydrogen-bond acceptors (Lipinski definition) is 3. The third-order valence-corrected chi connectivity index (χ3v) is 5.86. The summed E-state index contributed by atoms with van der Waals surface area (Å²) in [5.74, 6) is 1.31. The Morgan fingerprint density at radius 1 is 1.13 bits per heavy atom. The molecule has 1 unspecified atom stereocenters. The first-order valence-electron chi connectivity index (χ1n) is 11.4. The Morgan fingerprint density at radius 2 is 1.84 bits per heavy atom. The lowest BCUT2D eigenvalue weighted by Crippen LogP contribution is -2.45. The average molecular weight is 429 g/mol. The minimum atomic E-state index is -0.206. The number of rotatable bonds is 6. The van der Waals surface area contributed by atoms with E-state index in [9.17, 15) is 9.59 Å². The number of carbonyl (C=O) groups excluding carboxylic acids is 2. The van der Waals surface area contributed by atoms with Gasteiger partial charge in [0.25, 0.3) is 0 Å². The van der Waals surface area contributed by atoms with E-state index in [1.165, 1.54) is 12.8 Å². The lowest BCUT2D eigenvalue weighted by Gasteiger charge is -2.21. The molecule has 1 aliphatic carbocycles. The summed E-state index contributed by atoms with van der Waals surface area (Å²) in [5.41, 5.74) is 1.84. The summed E-state index contributed by atoms with van der Waals surface area (Å²) in [6.45, 7) is 6.03. The maximum atomic E-state index is 12.6. The van der Waals surface area contributed by atoms with Crippen LogP contribution < -0.4 is 21.3 Å². The summed E-state index contributed by atoms with van der Waals surface area (Å²) in [4.78, 5) is 30.8. The molecule has 0 aromatic heterocycles. The van der Waals surface area contributed by atoms with Gasteiger partial charge in [0.05, 0.1) is 0 Å². The van der Waals surface area contributed by atoms with Crippen molar-refractivity contribution in [2.75, 3.05) is 25.5 Å². The van der Waals surface area contributed by atoms with Crippen LogP contribution in [0.5, 0.6) is 0 Å². The molecule has 0 bridgehead atoms. The molecule has 0 radical (unpaired) electrons. The van der Waals surface area contributed by atoms with Crippen LogP contribution in [0.3, 0.4) is 0 Å². The van der Waals surface area contributed by atoms with Crippen LogP contribution in [0.1, 0.15) is 51.5 Å². The number of hydrogen-bond donors (Lipinski definition) is 4. The van der Waals surface area contributed by atoms with E-state index in [1.807, 2.05) is 43.0 Å². The van der Waals surface area contributed by atoms with Crippen molar-refractivity contribution in [3.63, 3.8) is 0 Å². The Labute approximate surface area is 185 Å². The summed E-state index contributed by atoms with van der Waals surface area (Å²) in [6, 6.07) is 7.83. The molecule has 4 N–H and O–H groups in total. The maximum Gasteiger partial charge on any atom is 0.319 e. The molecule has 0 spiro atoms. The third kappa shape index (κ3) is 6.87. The molecule has 2 fully saturated rings. The average Bonchev–Trinajstić information content (AvgIpc) is 3.43. The molecule has 1 atom stereocenters. The van der Waals surface area contributed by atoms with Crippen molar-refractivity contribution in [3.05, 3.63) is 29.8 Å². The first kappa shape index (κ1) is 22.9. The van der Waals surface area contributed by atoms with Gasteiger partial charge < -0.3 is 26.2 Å². The molecular formula is C23H36N6O2. The number of nitrogens with zero attached hydrogens (tertiary/aromatic N) is 2. The van der Waals surface area contributed by atoms with Crippen LogP contribution in [0, 0.1) is 5.92 Å². The molecule has 1 heterocycles. The summed E-state index contributed by atoms with van der Waals surface area (Å²) < 4.78 is 0. The Kier molecular flexibility index (Phi) is 8.14. The van der Waals surface area contributed by atoms with Crippen LogP contribution in [-0.2, 0) is 11.3 Å². The molecule has 8 heteroatoms. The van der Waals surface area contributed by atoms with Gasteiger partial charge in [0.1, 0.15) is 0 Å². The number of anilines is 1. The molecule has 170 valence electrons. The highest BCUT2D eigenvalue weighted by Gasteiger charge is 2.32. The van der Waals surface area contributed by atoms with E-state index in [0.29, 0.717) is 12.5 Å². The number of urea groups is 1. The van der Waals surface area contributed by atoms with E-state index in [2.05, 4.69) is 26.3 Å². The summed E-state index contributed by atoms with van der Waals surface area (Å²) in [5, 5.41) is 12.4. The number of guanidine groups is 1. The Hall–Kier alpha value is -2.77. The Bertz CT molecular complexity index is 771. The second-order valence-electron chi connectivity index (χ2n) is 8.77. The van der Waals surface area contributed by atoms with Gasteiger partial charge in [0.2, 0.25) is 5.91 Å². The van der Waals surface area contributed by atoms with Gasteiger partial charge in [-0.15, -0.1) is 0 Å². The van der Waals surface area contributed by atoms with Gasteiger partial charge in [-0.1, -0.05) is 25.0 Å². The van der Waals surface area contributed by atoms with Crippen molar-refractivity contribution in [1.82, 2.24) is 20.9 Å². The van der Waals surface area contributed by atoms with Crippen LogP contribution >= 0.6 is 0 Å². The lowest BCUT2D eigenvalue weighted by molar-refractivity contribution is -0.134. The Morgan fingerprint density at radius 3 is 2.48 bits per heavy atom. The molecule has 3 amide bonds. The van der Waals surface area contributed by atoms with Crippen LogP contribution in [0.2, 0.25) is 0 Å². The minimum Gasteiger partial charge on any atom is -0.352 e. The predicted molar refractivity (Wildman–Crippen MR) is 124 cm³/mol. The fourth-order valence-corrected chi connectivity index (χ4v) is 4.22. The number of amides is 3. The summed E-state index contributed by atoms with van der Waals surface area (Å²) in [6.07, 6.45) is 5.41. The topological polar surface area (TPSA) is 97.9 Å². The minimum absolute atomic E-state index is 0.0931. The van der Waals surface area contributed by atoms with Crippen LogP contribution in [0.4, 0.5) is 10.5 Å². The van der Waals surface area contributed by atoms with Crippen molar-refractivity contribution in [2.45, 2.75) is 64.6 Å². The molecule has 3 rings (SSSR count). The summed E-state index contributed by atoms with van der Waals surface area (Å²) in [7, 11) is 1.76. The molecule has 1 saturated heterocycles. The predicted octanol–water partition coefficient (Wildman–Crippen LogP) is 2.67. The number of carbonyl (C=O) groups is 2.